The van der Waals surface area contributed by atoms with Gasteiger partial charge in [-0.05, 0) is 89.9 Å². The molecular formula is C61H105NO5. The lowest BCUT2D eigenvalue weighted by molar-refractivity contribution is -0.151. The number of aliphatic hydroxyl groups is 2. The molecular weight excluding hydrogens is 827 g/mol. The Morgan fingerprint density at radius 2 is 0.836 bits per heavy atom. The molecule has 0 radical (unpaired) electrons. The molecule has 3 unspecified atom stereocenters. The second-order valence-corrected chi connectivity index (χ2v) is 18.7. The Morgan fingerprint density at radius 3 is 1.34 bits per heavy atom. The minimum absolute atomic E-state index is 0.0253. The van der Waals surface area contributed by atoms with Gasteiger partial charge in [-0.1, -0.05) is 246 Å². The summed E-state index contributed by atoms with van der Waals surface area (Å²) in [6.07, 6.45) is 71.8. The zero-order valence-corrected chi connectivity index (χ0v) is 43.8. The van der Waals surface area contributed by atoms with Crippen molar-refractivity contribution in [1.82, 2.24) is 5.32 Å². The topological polar surface area (TPSA) is 95.9 Å². The second kappa shape index (κ2) is 53.7. The number of carbonyl (C=O) groups excluding carboxylic acids is 2. The molecule has 6 heteroatoms. The molecule has 0 saturated carbocycles. The molecule has 0 spiro atoms. The van der Waals surface area contributed by atoms with E-state index >= 15 is 0 Å². The number of amides is 1. The summed E-state index contributed by atoms with van der Waals surface area (Å²) in [7, 11) is 0. The van der Waals surface area contributed by atoms with Crippen LogP contribution in [0.5, 0.6) is 0 Å². The Kier molecular flexibility index (Phi) is 51.1. The monoisotopic (exact) mass is 932 g/mol. The Hall–Kier alpha value is -3.22. The highest BCUT2D eigenvalue weighted by atomic mass is 16.5. The van der Waals surface area contributed by atoms with Gasteiger partial charge in [0.25, 0.3) is 0 Å². The van der Waals surface area contributed by atoms with Crippen LogP contribution < -0.4 is 5.32 Å². The molecule has 3 N–H and O–H groups in total. The maximum absolute atomic E-state index is 13.2. The summed E-state index contributed by atoms with van der Waals surface area (Å²) in [6, 6.07) is -0.730. The predicted octanol–water partition coefficient (Wildman–Crippen LogP) is 17.3. The van der Waals surface area contributed by atoms with Gasteiger partial charge in [-0.2, -0.15) is 0 Å². The van der Waals surface area contributed by atoms with Crippen molar-refractivity contribution in [2.45, 2.75) is 270 Å². The van der Waals surface area contributed by atoms with Crippen molar-refractivity contribution in [3.63, 3.8) is 0 Å². The molecule has 6 nitrogen and oxygen atoms in total. The normalized spacial score (nSPS) is 13.9. The van der Waals surface area contributed by atoms with E-state index in [2.05, 4.69) is 123 Å². The van der Waals surface area contributed by atoms with Gasteiger partial charge in [0, 0.05) is 6.42 Å². The van der Waals surface area contributed by atoms with Crippen LogP contribution in [-0.4, -0.2) is 46.9 Å². The molecule has 0 bridgehead atoms. The van der Waals surface area contributed by atoms with E-state index in [1.807, 2.05) is 0 Å². The summed E-state index contributed by atoms with van der Waals surface area (Å²) in [6.45, 7) is 6.40. The molecule has 1 amide bonds. The summed E-state index contributed by atoms with van der Waals surface area (Å²) >= 11 is 0. The minimum atomic E-state index is -0.812. The van der Waals surface area contributed by atoms with Gasteiger partial charge < -0.3 is 20.3 Å². The third-order valence-corrected chi connectivity index (χ3v) is 12.2. The van der Waals surface area contributed by atoms with E-state index in [0.717, 1.165) is 96.3 Å². The van der Waals surface area contributed by atoms with Crippen LogP contribution in [-0.2, 0) is 14.3 Å². The summed E-state index contributed by atoms with van der Waals surface area (Å²) in [5.41, 5.74) is 0. The summed E-state index contributed by atoms with van der Waals surface area (Å²) < 4.78 is 5.92. The van der Waals surface area contributed by atoms with Crippen molar-refractivity contribution in [1.29, 1.82) is 0 Å². The first-order chi connectivity index (χ1) is 33.0. The van der Waals surface area contributed by atoms with Gasteiger partial charge in [0.05, 0.1) is 25.2 Å². The van der Waals surface area contributed by atoms with Crippen molar-refractivity contribution in [3.8, 4) is 0 Å². The summed E-state index contributed by atoms with van der Waals surface area (Å²) in [4.78, 5) is 26.2. The van der Waals surface area contributed by atoms with Crippen LogP contribution in [0.2, 0.25) is 0 Å². The van der Waals surface area contributed by atoms with Crippen LogP contribution in [0.1, 0.15) is 252 Å². The van der Waals surface area contributed by atoms with Gasteiger partial charge in [0.15, 0.2) is 0 Å². The third kappa shape index (κ3) is 49.0. The van der Waals surface area contributed by atoms with Crippen molar-refractivity contribution in [3.05, 3.63) is 97.2 Å². The lowest BCUT2D eigenvalue weighted by atomic mass is 10.0. The van der Waals surface area contributed by atoms with Gasteiger partial charge in [-0.25, -0.2) is 0 Å². The van der Waals surface area contributed by atoms with Gasteiger partial charge in [0.1, 0.15) is 6.10 Å². The first-order valence-corrected chi connectivity index (χ1v) is 28.0. The van der Waals surface area contributed by atoms with Gasteiger partial charge in [-0.3, -0.25) is 9.59 Å². The lowest BCUT2D eigenvalue weighted by Gasteiger charge is -2.24. The van der Waals surface area contributed by atoms with E-state index in [1.165, 1.54) is 109 Å². The first kappa shape index (κ1) is 63.8. The standard InChI is InChI=1S/C61H105NO5/c1-4-7-10-13-16-19-22-25-27-29-31-33-36-39-42-45-48-51-54-61(66)67-57(52-49-46-43-40-37-35-32-30-28-26-23-20-17-14-11-8-5-2)55-60(65)62-58(56-63)59(64)53-50-47-44-41-38-34-24-21-18-15-12-9-6-3/h16-17,19-20,22,25-29,31-33,35,40,43,57-59,63-64H,4-15,18,21,23-24,30,34,36-39,41-42,44-56H2,1-3H3,(H,62,65)/b19-16+,20-17-,25-22+,28-26-,29-27+,33-31+,35-32-,43-40-. The average molecular weight is 933 g/mol. The van der Waals surface area contributed by atoms with Crippen LogP contribution in [0.25, 0.3) is 0 Å². The number of allylic oxidation sites excluding steroid dienone is 16. The van der Waals surface area contributed by atoms with E-state index < -0.39 is 18.2 Å². The number of ether oxygens (including phenoxy) is 1. The molecule has 0 fully saturated rings. The predicted molar refractivity (Wildman–Crippen MR) is 291 cm³/mol. The Balaban J connectivity index is 4.75. The zero-order chi connectivity index (χ0) is 48.8. The van der Waals surface area contributed by atoms with E-state index in [4.69, 9.17) is 4.74 Å². The molecule has 0 aliphatic carbocycles. The molecule has 0 rings (SSSR count). The van der Waals surface area contributed by atoms with Gasteiger partial charge in [-0.15, -0.1) is 0 Å². The quantitative estimate of drug-likeness (QED) is 0.0244. The molecule has 67 heavy (non-hydrogen) atoms. The van der Waals surface area contributed by atoms with Crippen molar-refractivity contribution < 1.29 is 24.5 Å². The number of aliphatic hydroxyl groups excluding tert-OH is 2. The highest BCUT2D eigenvalue weighted by molar-refractivity contribution is 5.77. The van der Waals surface area contributed by atoms with Crippen LogP contribution >= 0.6 is 0 Å². The van der Waals surface area contributed by atoms with Crippen molar-refractivity contribution in [2.75, 3.05) is 6.61 Å². The molecule has 0 saturated heterocycles. The number of esters is 1. The molecule has 384 valence electrons. The Morgan fingerprint density at radius 1 is 0.448 bits per heavy atom. The van der Waals surface area contributed by atoms with Crippen LogP contribution in [0.3, 0.4) is 0 Å². The van der Waals surface area contributed by atoms with E-state index in [0.29, 0.717) is 19.3 Å². The fourth-order valence-electron chi connectivity index (χ4n) is 7.96. The highest BCUT2D eigenvalue weighted by Crippen LogP contribution is 2.17. The van der Waals surface area contributed by atoms with Crippen LogP contribution in [0, 0.1) is 0 Å². The summed E-state index contributed by atoms with van der Waals surface area (Å²) in [5, 5.41) is 23.8. The number of nitrogens with one attached hydrogen (secondary N) is 1. The molecule has 0 aliphatic rings. The van der Waals surface area contributed by atoms with E-state index in [9.17, 15) is 19.8 Å². The minimum Gasteiger partial charge on any atom is -0.462 e. The van der Waals surface area contributed by atoms with Crippen LogP contribution in [0.15, 0.2) is 97.2 Å². The average Bonchev–Trinajstić information content (AvgIpc) is 3.32. The number of carbonyl (C=O) groups is 2. The number of rotatable bonds is 49. The second-order valence-electron chi connectivity index (χ2n) is 18.7. The zero-order valence-electron chi connectivity index (χ0n) is 43.8. The smallest absolute Gasteiger partial charge is 0.306 e. The van der Waals surface area contributed by atoms with Crippen molar-refractivity contribution in [2.24, 2.45) is 0 Å². The fourth-order valence-corrected chi connectivity index (χ4v) is 7.96. The highest BCUT2D eigenvalue weighted by Gasteiger charge is 2.24. The number of hydrogen-bond acceptors (Lipinski definition) is 5. The Labute approximate surface area is 414 Å². The first-order valence-electron chi connectivity index (χ1n) is 28.0. The Bertz CT molecular complexity index is 1320. The maximum atomic E-state index is 13.2. The van der Waals surface area contributed by atoms with E-state index in [1.54, 1.807) is 0 Å². The molecule has 0 aromatic carbocycles. The molecule has 0 aliphatic heterocycles. The number of unbranched alkanes of at least 4 members (excludes halogenated alkanes) is 24. The van der Waals surface area contributed by atoms with Crippen LogP contribution in [0.4, 0.5) is 0 Å². The lowest BCUT2D eigenvalue weighted by Crippen LogP contribution is -2.46. The third-order valence-electron chi connectivity index (χ3n) is 12.2. The SMILES string of the molecule is CCCCC/C=C\C/C=C\C/C=C\C/C=C\CCCC(CC(=O)NC(CO)C(O)CCCCCCCCCCCCCCC)OC(=O)CCCCCCC/C=C/C=C/C=C/C=C/CCCCC. The fraction of sp³-hybridized carbons (Fsp3) is 0.705. The number of hydrogen-bond donors (Lipinski definition) is 3. The van der Waals surface area contributed by atoms with Gasteiger partial charge >= 0.3 is 5.97 Å². The maximum Gasteiger partial charge on any atom is 0.306 e. The van der Waals surface area contributed by atoms with Gasteiger partial charge in [0.2, 0.25) is 5.91 Å². The summed E-state index contributed by atoms with van der Waals surface area (Å²) in [5.74, 6) is -0.558. The molecule has 0 aromatic rings. The molecule has 0 heterocycles. The van der Waals surface area contributed by atoms with Crippen molar-refractivity contribution >= 4 is 11.9 Å². The molecule has 0 aromatic heterocycles. The largest absolute Gasteiger partial charge is 0.462 e. The van der Waals surface area contributed by atoms with E-state index in [-0.39, 0.29) is 24.9 Å². The molecule has 3 atom stereocenters.